The van der Waals surface area contributed by atoms with Gasteiger partial charge in [-0.3, -0.25) is 4.79 Å². The summed E-state index contributed by atoms with van der Waals surface area (Å²) < 4.78 is 5.06. The minimum absolute atomic E-state index is 0.00687. The SMILES string of the molecule is CCOC(=O)N1CCC(Nc2nc(C)cc(C(=O)N3CCCCCC3)n2)CC1. The first-order chi connectivity index (χ1) is 13.6. The number of anilines is 1. The zero-order valence-electron chi connectivity index (χ0n) is 16.9. The van der Waals surface area contributed by atoms with Crippen LogP contribution in [0.5, 0.6) is 0 Å². The maximum Gasteiger partial charge on any atom is 0.409 e. The van der Waals surface area contributed by atoms with Crippen LogP contribution in [0.3, 0.4) is 0 Å². The minimum atomic E-state index is -0.252. The van der Waals surface area contributed by atoms with Gasteiger partial charge >= 0.3 is 6.09 Å². The Bertz CT molecular complexity index is 680. The van der Waals surface area contributed by atoms with Crippen molar-refractivity contribution in [1.82, 2.24) is 19.8 Å². The van der Waals surface area contributed by atoms with Crippen molar-refractivity contribution in [2.45, 2.75) is 58.4 Å². The van der Waals surface area contributed by atoms with E-state index in [2.05, 4.69) is 15.3 Å². The molecule has 3 heterocycles. The highest BCUT2D eigenvalue weighted by Gasteiger charge is 2.25. The van der Waals surface area contributed by atoms with Gasteiger partial charge in [-0.15, -0.1) is 0 Å². The minimum Gasteiger partial charge on any atom is -0.450 e. The third-order valence-corrected chi connectivity index (χ3v) is 5.32. The van der Waals surface area contributed by atoms with Gasteiger partial charge in [-0.2, -0.15) is 0 Å². The quantitative estimate of drug-likeness (QED) is 0.852. The van der Waals surface area contributed by atoms with Crippen molar-refractivity contribution >= 4 is 17.9 Å². The predicted octanol–water partition coefficient (Wildman–Crippen LogP) is 2.83. The largest absolute Gasteiger partial charge is 0.450 e. The van der Waals surface area contributed by atoms with Crippen LogP contribution in [0, 0.1) is 6.92 Å². The Hall–Kier alpha value is -2.38. The van der Waals surface area contributed by atoms with Gasteiger partial charge in [-0.1, -0.05) is 12.8 Å². The molecule has 1 N–H and O–H groups in total. The third-order valence-electron chi connectivity index (χ3n) is 5.32. The summed E-state index contributed by atoms with van der Waals surface area (Å²) >= 11 is 0. The standard InChI is InChI=1S/C20H31N5O3/c1-3-28-20(27)25-12-8-16(9-13-25)22-19-21-15(2)14-17(23-19)18(26)24-10-6-4-5-7-11-24/h14,16H,3-13H2,1-2H3,(H,21,22,23). The van der Waals surface area contributed by atoms with E-state index >= 15 is 0 Å². The van der Waals surface area contributed by atoms with Gasteiger partial charge in [0.1, 0.15) is 5.69 Å². The molecule has 8 nitrogen and oxygen atoms in total. The van der Waals surface area contributed by atoms with Crippen LogP contribution < -0.4 is 5.32 Å². The fraction of sp³-hybridized carbons (Fsp3) is 0.700. The Morgan fingerprint density at radius 1 is 1.07 bits per heavy atom. The first kappa shape index (κ1) is 20.4. The van der Waals surface area contributed by atoms with Crippen molar-refractivity contribution < 1.29 is 14.3 Å². The molecule has 0 aromatic carbocycles. The average molecular weight is 390 g/mol. The van der Waals surface area contributed by atoms with Crippen LogP contribution in [0.2, 0.25) is 0 Å². The topological polar surface area (TPSA) is 87.7 Å². The van der Waals surface area contributed by atoms with Gasteiger partial charge in [0.05, 0.1) is 6.61 Å². The van der Waals surface area contributed by atoms with E-state index < -0.39 is 0 Å². The van der Waals surface area contributed by atoms with E-state index in [1.54, 1.807) is 11.0 Å². The van der Waals surface area contributed by atoms with Gasteiger partial charge < -0.3 is 19.9 Å². The number of carbonyl (C=O) groups excluding carboxylic acids is 2. The molecule has 2 aliphatic heterocycles. The van der Waals surface area contributed by atoms with Crippen molar-refractivity contribution in [1.29, 1.82) is 0 Å². The summed E-state index contributed by atoms with van der Waals surface area (Å²) in [4.78, 5) is 37.3. The molecule has 1 aromatic rings. The zero-order chi connectivity index (χ0) is 19.9. The predicted molar refractivity (Wildman–Crippen MR) is 106 cm³/mol. The Labute approximate surface area is 166 Å². The summed E-state index contributed by atoms with van der Waals surface area (Å²) in [6, 6.07) is 1.94. The number of likely N-dealkylation sites (tertiary alicyclic amines) is 2. The molecule has 0 unspecified atom stereocenters. The second-order valence-electron chi connectivity index (χ2n) is 7.53. The Kier molecular flexibility index (Phi) is 7.06. The van der Waals surface area contributed by atoms with Crippen LogP contribution >= 0.6 is 0 Å². The van der Waals surface area contributed by atoms with E-state index in [4.69, 9.17) is 4.74 Å². The number of aryl methyl sites for hydroxylation is 1. The van der Waals surface area contributed by atoms with Crippen molar-refractivity contribution in [3.63, 3.8) is 0 Å². The van der Waals surface area contributed by atoms with Gasteiger partial charge in [-0.05, 0) is 45.6 Å². The molecule has 0 saturated carbocycles. The van der Waals surface area contributed by atoms with E-state index in [1.165, 1.54) is 12.8 Å². The number of rotatable bonds is 4. The highest BCUT2D eigenvalue weighted by Crippen LogP contribution is 2.17. The number of hydrogen-bond donors (Lipinski definition) is 1. The number of nitrogens with zero attached hydrogens (tertiary/aromatic N) is 4. The van der Waals surface area contributed by atoms with Crippen LogP contribution in [0.4, 0.5) is 10.7 Å². The maximum atomic E-state index is 12.9. The molecular formula is C20H31N5O3. The summed E-state index contributed by atoms with van der Waals surface area (Å²) in [5.41, 5.74) is 1.24. The highest BCUT2D eigenvalue weighted by atomic mass is 16.6. The molecular weight excluding hydrogens is 358 g/mol. The lowest BCUT2D eigenvalue weighted by Gasteiger charge is -2.31. The Morgan fingerprint density at radius 3 is 2.39 bits per heavy atom. The van der Waals surface area contributed by atoms with Gasteiger partial charge in [0.2, 0.25) is 5.95 Å². The summed E-state index contributed by atoms with van der Waals surface area (Å²) in [5, 5.41) is 3.35. The molecule has 0 spiro atoms. The first-order valence-electron chi connectivity index (χ1n) is 10.4. The number of carbonyl (C=O) groups is 2. The van der Waals surface area contributed by atoms with E-state index in [0.29, 0.717) is 31.3 Å². The summed E-state index contributed by atoms with van der Waals surface area (Å²) in [7, 11) is 0. The number of piperidine rings is 1. The fourth-order valence-corrected chi connectivity index (χ4v) is 3.78. The monoisotopic (exact) mass is 389 g/mol. The molecule has 0 radical (unpaired) electrons. The first-order valence-corrected chi connectivity index (χ1v) is 10.4. The number of ether oxygens (including phenoxy) is 1. The fourth-order valence-electron chi connectivity index (χ4n) is 3.78. The van der Waals surface area contributed by atoms with Crippen LogP contribution in [0.25, 0.3) is 0 Å². The van der Waals surface area contributed by atoms with Crippen LogP contribution in [0.1, 0.15) is 61.6 Å². The second kappa shape index (κ2) is 9.71. The van der Waals surface area contributed by atoms with Crippen LogP contribution in [0.15, 0.2) is 6.07 Å². The van der Waals surface area contributed by atoms with E-state index in [-0.39, 0.29) is 18.0 Å². The molecule has 2 aliphatic rings. The normalized spacial score (nSPS) is 18.5. The molecule has 154 valence electrons. The molecule has 0 atom stereocenters. The molecule has 3 rings (SSSR count). The summed E-state index contributed by atoms with van der Waals surface area (Å²) in [6.45, 7) is 6.97. The lowest BCUT2D eigenvalue weighted by Crippen LogP contribution is -2.42. The van der Waals surface area contributed by atoms with Crippen LogP contribution in [-0.2, 0) is 4.74 Å². The van der Waals surface area contributed by atoms with Crippen molar-refractivity contribution in [2.24, 2.45) is 0 Å². The molecule has 1 aromatic heterocycles. The van der Waals surface area contributed by atoms with Crippen molar-refractivity contribution in [3.8, 4) is 0 Å². The van der Waals surface area contributed by atoms with Crippen molar-refractivity contribution in [2.75, 3.05) is 38.1 Å². The maximum absolute atomic E-state index is 12.9. The van der Waals surface area contributed by atoms with Gasteiger partial charge in [0.15, 0.2) is 0 Å². The van der Waals surface area contributed by atoms with Crippen LogP contribution in [-0.4, -0.2) is 70.6 Å². The lowest BCUT2D eigenvalue weighted by molar-refractivity contribution is 0.0755. The van der Waals surface area contributed by atoms with Gasteiger partial charge in [-0.25, -0.2) is 14.8 Å². The number of aromatic nitrogens is 2. The summed E-state index contributed by atoms with van der Waals surface area (Å²) in [6.07, 6.45) is 5.82. The zero-order valence-corrected chi connectivity index (χ0v) is 16.9. The molecule has 0 bridgehead atoms. The molecule has 0 aliphatic carbocycles. The van der Waals surface area contributed by atoms with E-state index in [1.807, 2.05) is 18.7 Å². The molecule has 2 amide bonds. The van der Waals surface area contributed by atoms with Gasteiger partial charge in [0, 0.05) is 37.9 Å². The number of amides is 2. The molecule has 2 saturated heterocycles. The lowest BCUT2D eigenvalue weighted by atomic mass is 10.1. The molecule has 8 heteroatoms. The molecule has 2 fully saturated rings. The third kappa shape index (κ3) is 5.33. The molecule has 28 heavy (non-hydrogen) atoms. The Balaban J connectivity index is 1.61. The Morgan fingerprint density at radius 2 is 1.75 bits per heavy atom. The average Bonchev–Trinajstić information content (AvgIpc) is 2.97. The van der Waals surface area contributed by atoms with Crippen molar-refractivity contribution in [3.05, 3.63) is 17.5 Å². The number of nitrogens with one attached hydrogen (secondary N) is 1. The highest BCUT2D eigenvalue weighted by molar-refractivity contribution is 5.92. The second-order valence-corrected chi connectivity index (χ2v) is 7.53. The number of hydrogen-bond acceptors (Lipinski definition) is 6. The van der Waals surface area contributed by atoms with Gasteiger partial charge in [0.25, 0.3) is 5.91 Å². The van der Waals surface area contributed by atoms with E-state index in [9.17, 15) is 9.59 Å². The smallest absolute Gasteiger partial charge is 0.409 e. The summed E-state index contributed by atoms with van der Waals surface area (Å²) in [5.74, 6) is 0.486. The van der Waals surface area contributed by atoms with E-state index in [0.717, 1.165) is 44.5 Å².